The highest BCUT2D eigenvalue weighted by molar-refractivity contribution is 5.01. The molecule has 0 aromatic carbocycles. The van der Waals surface area contributed by atoms with Crippen LogP contribution in [0.5, 0.6) is 0 Å². The molecular formula is C10H21NO. The van der Waals surface area contributed by atoms with Crippen molar-refractivity contribution in [3.8, 4) is 0 Å². The molecule has 0 heterocycles. The third-order valence-corrected chi connectivity index (χ3v) is 3.42. The molecule has 1 atom stereocenters. The van der Waals surface area contributed by atoms with E-state index in [1.165, 1.54) is 0 Å². The molecule has 0 spiro atoms. The van der Waals surface area contributed by atoms with Crippen molar-refractivity contribution in [3.63, 3.8) is 0 Å². The topological polar surface area (TPSA) is 46.2 Å². The molecule has 1 saturated carbocycles. The molecule has 1 rings (SSSR count). The van der Waals surface area contributed by atoms with Gasteiger partial charge in [-0.05, 0) is 18.8 Å². The minimum absolute atomic E-state index is 0.108. The Labute approximate surface area is 75.2 Å². The molecule has 0 radical (unpaired) electrons. The van der Waals surface area contributed by atoms with Crippen molar-refractivity contribution >= 4 is 0 Å². The molecule has 2 nitrogen and oxygen atoms in total. The standard InChI is InChI=1S/C10H21NO/c1-3-8(4-2)9(12)10(7-11)5-6-10/h8-9,12H,3-7,11H2,1-2H3. The molecule has 1 aliphatic carbocycles. The Kier molecular flexibility index (Phi) is 3.13. The molecule has 1 fully saturated rings. The molecule has 0 saturated heterocycles. The number of aliphatic hydroxyl groups excluding tert-OH is 1. The molecule has 0 aliphatic heterocycles. The van der Waals surface area contributed by atoms with Crippen molar-refractivity contribution < 1.29 is 5.11 Å². The van der Waals surface area contributed by atoms with E-state index in [2.05, 4.69) is 13.8 Å². The summed E-state index contributed by atoms with van der Waals surface area (Å²) in [6, 6.07) is 0. The highest BCUT2D eigenvalue weighted by atomic mass is 16.3. The second-order valence-electron chi connectivity index (χ2n) is 4.09. The van der Waals surface area contributed by atoms with Crippen LogP contribution in [0.4, 0.5) is 0 Å². The number of hydrogen-bond acceptors (Lipinski definition) is 2. The first-order chi connectivity index (χ1) is 5.70. The molecule has 0 aromatic heterocycles. The molecule has 72 valence electrons. The molecule has 12 heavy (non-hydrogen) atoms. The number of nitrogens with two attached hydrogens (primary N) is 1. The minimum Gasteiger partial charge on any atom is -0.392 e. The first kappa shape index (κ1) is 10.0. The summed E-state index contributed by atoms with van der Waals surface area (Å²) in [6.45, 7) is 4.94. The fourth-order valence-corrected chi connectivity index (χ4v) is 2.02. The zero-order valence-corrected chi connectivity index (χ0v) is 8.21. The lowest BCUT2D eigenvalue weighted by Gasteiger charge is -2.27. The van der Waals surface area contributed by atoms with Crippen LogP contribution in [-0.2, 0) is 0 Å². The first-order valence-corrected chi connectivity index (χ1v) is 5.08. The Morgan fingerprint density at radius 2 is 1.83 bits per heavy atom. The van der Waals surface area contributed by atoms with Crippen LogP contribution in [0, 0.1) is 11.3 Å². The lowest BCUT2D eigenvalue weighted by molar-refractivity contribution is 0.0369. The van der Waals surface area contributed by atoms with Crippen LogP contribution >= 0.6 is 0 Å². The summed E-state index contributed by atoms with van der Waals surface area (Å²) in [5.74, 6) is 0.455. The lowest BCUT2D eigenvalue weighted by Crippen LogP contribution is -2.35. The van der Waals surface area contributed by atoms with E-state index in [1.54, 1.807) is 0 Å². The van der Waals surface area contributed by atoms with Crippen LogP contribution in [-0.4, -0.2) is 17.8 Å². The monoisotopic (exact) mass is 171 g/mol. The largest absolute Gasteiger partial charge is 0.392 e. The van der Waals surface area contributed by atoms with Crippen LogP contribution in [0.1, 0.15) is 39.5 Å². The molecule has 3 N–H and O–H groups in total. The van der Waals surface area contributed by atoms with Crippen LogP contribution in [0.2, 0.25) is 0 Å². The van der Waals surface area contributed by atoms with Gasteiger partial charge in [-0.1, -0.05) is 26.7 Å². The normalized spacial score (nSPS) is 22.8. The average Bonchev–Trinajstić information content (AvgIpc) is 2.86. The van der Waals surface area contributed by atoms with Crippen molar-refractivity contribution in [3.05, 3.63) is 0 Å². The average molecular weight is 171 g/mol. The second-order valence-corrected chi connectivity index (χ2v) is 4.09. The molecule has 0 bridgehead atoms. The summed E-state index contributed by atoms with van der Waals surface area (Å²) < 4.78 is 0. The molecule has 1 aliphatic rings. The minimum atomic E-state index is -0.155. The Morgan fingerprint density at radius 3 is 2.08 bits per heavy atom. The molecule has 2 heteroatoms. The van der Waals surface area contributed by atoms with Crippen LogP contribution in [0.25, 0.3) is 0 Å². The van der Waals surface area contributed by atoms with Gasteiger partial charge in [0, 0.05) is 12.0 Å². The zero-order chi connectivity index (χ0) is 9.19. The van der Waals surface area contributed by atoms with E-state index in [0.717, 1.165) is 25.7 Å². The number of rotatable bonds is 5. The summed E-state index contributed by atoms with van der Waals surface area (Å²) >= 11 is 0. The van der Waals surface area contributed by atoms with Gasteiger partial charge in [-0.2, -0.15) is 0 Å². The van der Waals surface area contributed by atoms with E-state index in [9.17, 15) is 5.11 Å². The van der Waals surface area contributed by atoms with Crippen LogP contribution < -0.4 is 5.73 Å². The maximum absolute atomic E-state index is 10.0. The van der Waals surface area contributed by atoms with Crippen molar-refractivity contribution in [1.82, 2.24) is 0 Å². The van der Waals surface area contributed by atoms with Gasteiger partial charge in [-0.3, -0.25) is 0 Å². The first-order valence-electron chi connectivity index (χ1n) is 5.08. The summed E-state index contributed by atoms with van der Waals surface area (Å²) in [5.41, 5.74) is 5.76. The Bertz CT molecular complexity index is 139. The Hall–Kier alpha value is -0.0800. The maximum Gasteiger partial charge on any atom is 0.0636 e. The van der Waals surface area contributed by atoms with E-state index >= 15 is 0 Å². The maximum atomic E-state index is 10.0. The van der Waals surface area contributed by atoms with Gasteiger partial charge in [-0.25, -0.2) is 0 Å². The summed E-state index contributed by atoms with van der Waals surface area (Å²) in [7, 11) is 0. The Morgan fingerprint density at radius 1 is 1.33 bits per heavy atom. The van der Waals surface area contributed by atoms with Gasteiger partial charge >= 0.3 is 0 Å². The van der Waals surface area contributed by atoms with Crippen molar-refractivity contribution in [2.45, 2.75) is 45.6 Å². The summed E-state index contributed by atoms with van der Waals surface area (Å²) in [5, 5.41) is 10.0. The Balaban J connectivity index is 2.50. The quantitative estimate of drug-likeness (QED) is 0.659. The molecular weight excluding hydrogens is 150 g/mol. The lowest BCUT2D eigenvalue weighted by atomic mass is 9.85. The van der Waals surface area contributed by atoms with Gasteiger partial charge in [0.15, 0.2) is 0 Å². The van der Waals surface area contributed by atoms with E-state index in [0.29, 0.717) is 12.5 Å². The van der Waals surface area contributed by atoms with Gasteiger partial charge in [0.25, 0.3) is 0 Å². The fourth-order valence-electron chi connectivity index (χ4n) is 2.02. The van der Waals surface area contributed by atoms with Gasteiger partial charge in [-0.15, -0.1) is 0 Å². The van der Waals surface area contributed by atoms with Crippen LogP contribution in [0.3, 0.4) is 0 Å². The van der Waals surface area contributed by atoms with Gasteiger partial charge in [0.1, 0.15) is 0 Å². The van der Waals surface area contributed by atoms with Crippen LogP contribution in [0.15, 0.2) is 0 Å². The molecule has 1 unspecified atom stereocenters. The predicted molar refractivity (Wildman–Crippen MR) is 50.8 cm³/mol. The van der Waals surface area contributed by atoms with Crippen molar-refractivity contribution in [2.75, 3.05) is 6.54 Å². The highest BCUT2D eigenvalue weighted by Crippen LogP contribution is 2.50. The third-order valence-electron chi connectivity index (χ3n) is 3.42. The van der Waals surface area contributed by atoms with E-state index in [4.69, 9.17) is 5.73 Å². The summed E-state index contributed by atoms with van der Waals surface area (Å²) in [6.07, 6.45) is 4.23. The number of hydrogen-bond donors (Lipinski definition) is 2. The van der Waals surface area contributed by atoms with Gasteiger partial charge in [0.2, 0.25) is 0 Å². The summed E-state index contributed by atoms with van der Waals surface area (Å²) in [4.78, 5) is 0. The SMILES string of the molecule is CCC(CC)C(O)C1(CN)CC1. The van der Waals surface area contributed by atoms with Crippen molar-refractivity contribution in [2.24, 2.45) is 17.1 Å². The third kappa shape index (κ3) is 1.64. The highest BCUT2D eigenvalue weighted by Gasteiger charge is 2.49. The van der Waals surface area contributed by atoms with E-state index in [1.807, 2.05) is 0 Å². The van der Waals surface area contributed by atoms with Gasteiger partial charge < -0.3 is 10.8 Å². The predicted octanol–water partition coefficient (Wildman–Crippen LogP) is 1.52. The van der Waals surface area contributed by atoms with Gasteiger partial charge in [0.05, 0.1) is 6.10 Å². The second kappa shape index (κ2) is 3.75. The molecule has 0 amide bonds. The van der Waals surface area contributed by atoms with Crippen molar-refractivity contribution in [1.29, 1.82) is 0 Å². The molecule has 0 aromatic rings. The zero-order valence-electron chi connectivity index (χ0n) is 8.21. The number of aliphatic hydroxyl groups is 1. The van der Waals surface area contributed by atoms with E-state index < -0.39 is 0 Å². The smallest absolute Gasteiger partial charge is 0.0636 e. The van der Waals surface area contributed by atoms with E-state index in [-0.39, 0.29) is 11.5 Å². The fraction of sp³-hybridized carbons (Fsp3) is 1.00.